The van der Waals surface area contributed by atoms with Crippen molar-refractivity contribution in [1.82, 2.24) is 4.98 Å². The van der Waals surface area contributed by atoms with E-state index in [4.69, 9.17) is 21.1 Å². The molecular weight excluding hydrogens is 434 g/mol. The minimum atomic E-state index is -0.219. The molecule has 0 aliphatic heterocycles. The topological polar surface area (TPSA) is 48.4 Å². The van der Waals surface area contributed by atoms with Crippen LogP contribution in [0.3, 0.4) is 0 Å². The molecule has 0 aliphatic rings. The molecule has 0 bridgehead atoms. The fourth-order valence-corrected chi connectivity index (χ4v) is 3.85. The standard InChI is InChI=1S/C28H24ClNO3/c1-32-27(31)15-14-21-10-5-6-13-25(21)22-11-7-12-23(16-22)26-17-24(29)18-30-28(26)33-19-20-8-3-2-4-9-20/h2-13,16-18H,14-15,19H2,1H3. The SMILES string of the molecule is COC(=O)CCc1ccccc1-c1cccc(-c2cc(Cl)cnc2OCc2ccccc2)c1. The molecule has 0 unspecified atom stereocenters. The van der Waals surface area contributed by atoms with Crippen LogP contribution in [0, 0.1) is 0 Å². The predicted octanol–water partition coefficient (Wildman–Crippen LogP) is 6.75. The fraction of sp³-hybridized carbons (Fsp3) is 0.143. The summed E-state index contributed by atoms with van der Waals surface area (Å²) in [6.07, 6.45) is 2.54. The third kappa shape index (κ3) is 5.79. The Hall–Kier alpha value is -3.63. The molecule has 0 spiro atoms. The average Bonchev–Trinajstić information content (AvgIpc) is 2.87. The molecule has 0 N–H and O–H groups in total. The normalized spacial score (nSPS) is 10.6. The molecule has 4 rings (SSSR count). The number of benzene rings is 3. The lowest BCUT2D eigenvalue weighted by Crippen LogP contribution is -2.02. The van der Waals surface area contributed by atoms with Crippen molar-refractivity contribution in [2.75, 3.05) is 7.11 Å². The van der Waals surface area contributed by atoms with Gasteiger partial charge in [-0.3, -0.25) is 4.79 Å². The van der Waals surface area contributed by atoms with Crippen LogP contribution < -0.4 is 4.74 Å². The molecule has 5 heteroatoms. The molecule has 0 radical (unpaired) electrons. The Morgan fingerprint density at radius 1 is 0.879 bits per heavy atom. The summed E-state index contributed by atoms with van der Waals surface area (Å²) < 4.78 is 10.9. The van der Waals surface area contributed by atoms with Gasteiger partial charge in [0.05, 0.1) is 12.1 Å². The van der Waals surface area contributed by atoms with Crippen LogP contribution in [-0.2, 0) is 22.6 Å². The van der Waals surface area contributed by atoms with Gasteiger partial charge in [-0.25, -0.2) is 4.98 Å². The molecule has 4 aromatic rings. The maximum Gasteiger partial charge on any atom is 0.305 e. The summed E-state index contributed by atoms with van der Waals surface area (Å²) in [5, 5.41) is 0.543. The van der Waals surface area contributed by atoms with Crippen LogP contribution in [0.2, 0.25) is 5.02 Å². The summed E-state index contributed by atoms with van der Waals surface area (Å²) in [4.78, 5) is 16.1. The first-order valence-electron chi connectivity index (χ1n) is 10.7. The number of aryl methyl sites for hydroxylation is 1. The molecular formula is C28H24ClNO3. The second-order valence-corrected chi connectivity index (χ2v) is 8.03. The molecule has 0 saturated heterocycles. The lowest BCUT2D eigenvalue weighted by molar-refractivity contribution is -0.140. The van der Waals surface area contributed by atoms with Crippen LogP contribution in [0.5, 0.6) is 5.88 Å². The first-order valence-corrected chi connectivity index (χ1v) is 11.1. The number of carbonyl (C=O) groups excluding carboxylic acids is 1. The molecule has 0 fully saturated rings. The van der Waals surface area contributed by atoms with E-state index in [0.717, 1.165) is 33.4 Å². The lowest BCUT2D eigenvalue weighted by Gasteiger charge is -2.14. The van der Waals surface area contributed by atoms with Crippen molar-refractivity contribution in [2.45, 2.75) is 19.4 Å². The highest BCUT2D eigenvalue weighted by molar-refractivity contribution is 6.30. The maximum absolute atomic E-state index is 11.6. The third-order valence-corrected chi connectivity index (χ3v) is 5.57. The van der Waals surface area contributed by atoms with E-state index in [0.29, 0.717) is 30.4 Å². The molecule has 166 valence electrons. The largest absolute Gasteiger partial charge is 0.472 e. The summed E-state index contributed by atoms with van der Waals surface area (Å²) in [5.74, 6) is 0.308. The van der Waals surface area contributed by atoms with Gasteiger partial charge >= 0.3 is 5.97 Å². The maximum atomic E-state index is 11.6. The van der Waals surface area contributed by atoms with Gasteiger partial charge < -0.3 is 9.47 Å². The van der Waals surface area contributed by atoms with Gasteiger partial charge in [-0.2, -0.15) is 0 Å². The number of pyridine rings is 1. The molecule has 0 aliphatic carbocycles. The first-order chi connectivity index (χ1) is 16.1. The average molecular weight is 458 g/mol. The minimum Gasteiger partial charge on any atom is -0.472 e. The van der Waals surface area contributed by atoms with Crippen molar-refractivity contribution in [3.05, 3.63) is 107 Å². The van der Waals surface area contributed by atoms with Crippen molar-refractivity contribution >= 4 is 17.6 Å². The number of esters is 1. The summed E-state index contributed by atoms with van der Waals surface area (Å²) in [6.45, 7) is 0.415. The summed E-state index contributed by atoms with van der Waals surface area (Å²) >= 11 is 6.29. The number of nitrogens with zero attached hydrogens (tertiary/aromatic N) is 1. The van der Waals surface area contributed by atoms with Crippen molar-refractivity contribution in [2.24, 2.45) is 0 Å². The Labute approximate surface area is 198 Å². The van der Waals surface area contributed by atoms with E-state index in [-0.39, 0.29) is 5.97 Å². The molecule has 0 saturated carbocycles. The Morgan fingerprint density at radius 3 is 2.39 bits per heavy atom. The second kappa shape index (κ2) is 10.8. The Kier molecular flexibility index (Phi) is 7.38. The molecule has 0 atom stereocenters. The number of halogens is 1. The zero-order valence-corrected chi connectivity index (χ0v) is 19.1. The van der Waals surface area contributed by atoms with Gasteiger partial charge in [-0.05, 0) is 46.4 Å². The number of hydrogen-bond donors (Lipinski definition) is 0. The monoisotopic (exact) mass is 457 g/mol. The molecule has 0 amide bonds. The van der Waals surface area contributed by atoms with Gasteiger partial charge in [0, 0.05) is 18.2 Å². The van der Waals surface area contributed by atoms with Gasteiger partial charge in [-0.15, -0.1) is 0 Å². The van der Waals surface area contributed by atoms with E-state index >= 15 is 0 Å². The lowest BCUT2D eigenvalue weighted by atomic mass is 9.94. The van der Waals surface area contributed by atoms with E-state index in [2.05, 4.69) is 23.2 Å². The molecule has 3 aromatic carbocycles. The Bertz CT molecular complexity index is 1240. The van der Waals surface area contributed by atoms with Gasteiger partial charge in [0.1, 0.15) is 6.61 Å². The molecule has 4 nitrogen and oxygen atoms in total. The van der Waals surface area contributed by atoms with Gasteiger partial charge in [0.2, 0.25) is 5.88 Å². The Balaban J connectivity index is 1.65. The smallest absolute Gasteiger partial charge is 0.305 e. The van der Waals surface area contributed by atoms with E-state index in [9.17, 15) is 4.79 Å². The highest BCUT2D eigenvalue weighted by Gasteiger charge is 2.13. The molecule has 1 heterocycles. The van der Waals surface area contributed by atoms with Crippen LogP contribution in [0.1, 0.15) is 17.5 Å². The predicted molar refractivity (Wildman–Crippen MR) is 131 cm³/mol. The number of carbonyl (C=O) groups is 1. The van der Waals surface area contributed by atoms with Crippen LogP contribution in [-0.4, -0.2) is 18.1 Å². The second-order valence-electron chi connectivity index (χ2n) is 7.59. The number of ether oxygens (including phenoxy) is 2. The van der Waals surface area contributed by atoms with E-state index in [1.807, 2.05) is 66.7 Å². The van der Waals surface area contributed by atoms with Crippen LogP contribution in [0.15, 0.2) is 91.1 Å². The highest BCUT2D eigenvalue weighted by atomic mass is 35.5. The zero-order valence-electron chi connectivity index (χ0n) is 18.3. The Morgan fingerprint density at radius 2 is 1.61 bits per heavy atom. The number of hydrogen-bond acceptors (Lipinski definition) is 4. The van der Waals surface area contributed by atoms with Crippen molar-refractivity contribution in [3.63, 3.8) is 0 Å². The highest BCUT2D eigenvalue weighted by Crippen LogP contribution is 2.34. The molecule has 1 aromatic heterocycles. The van der Waals surface area contributed by atoms with Crippen molar-refractivity contribution in [3.8, 4) is 28.1 Å². The number of aromatic nitrogens is 1. The van der Waals surface area contributed by atoms with Crippen LogP contribution in [0.4, 0.5) is 0 Å². The number of methoxy groups -OCH3 is 1. The van der Waals surface area contributed by atoms with E-state index < -0.39 is 0 Å². The minimum absolute atomic E-state index is 0.219. The van der Waals surface area contributed by atoms with Crippen LogP contribution in [0.25, 0.3) is 22.3 Å². The first kappa shape index (κ1) is 22.6. The van der Waals surface area contributed by atoms with Gasteiger partial charge in [0.25, 0.3) is 0 Å². The van der Waals surface area contributed by atoms with E-state index in [1.165, 1.54) is 7.11 Å². The zero-order chi connectivity index (χ0) is 23.0. The van der Waals surface area contributed by atoms with Crippen molar-refractivity contribution < 1.29 is 14.3 Å². The summed E-state index contributed by atoms with van der Waals surface area (Å²) in [6, 6.07) is 28.1. The van der Waals surface area contributed by atoms with Gasteiger partial charge in [-0.1, -0.05) is 84.4 Å². The third-order valence-electron chi connectivity index (χ3n) is 5.36. The number of rotatable bonds is 8. The molecule has 33 heavy (non-hydrogen) atoms. The summed E-state index contributed by atoms with van der Waals surface area (Å²) in [5.41, 5.74) is 6.05. The van der Waals surface area contributed by atoms with Crippen molar-refractivity contribution in [1.29, 1.82) is 0 Å². The quantitative estimate of drug-likeness (QED) is 0.274. The van der Waals surface area contributed by atoms with Gasteiger partial charge in [0.15, 0.2) is 0 Å². The fourth-order valence-electron chi connectivity index (χ4n) is 3.69. The van der Waals surface area contributed by atoms with Crippen LogP contribution >= 0.6 is 11.6 Å². The van der Waals surface area contributed by atoms with E-state index in [1.54, 1.807) is 6.20 Å². The summed E-state index contributed by atoms with van der Waals surface area (Å²) in [7, 11) is 1.41.